The fourth-order valence-electron chi connectivity index (χ4n) is 1.30. The highest BCUT2D eigenvalue weighted by Crippen LogP contribution is 2.06. The first-order chi connectivity index (χ1) is 6.55. The van der Waals surface area contributed by atoms with Crippen LogP contribution in [0.1, 0.15) is 12.8 Å². The zero-order chi connectivity index (χ0) is 10.6. The number of rotatable bonds is 4. The van der Waals surface area contributed by atoms with Crippen molar-refractivity contribution in [3.05, 3.63) is 12.0 Å². The van der Waals surface area contributed by atoms with Crippen LogP contribution < -0.4 is 4.72 Å². The maximum absolute atomic E-state index is 11.4. The highest BCUT2D eigenvalue weighted by molar-refractivity contribution is 7.92. The first-order valence-electron chi connectivity index (χ1n) is 4.45. The summed E-state index contributed by atoms with van der Waals surface area (Å²) < 4.78 is 24.0. The van der Waals surface area contributed by atoms with Gasteiger partial charge in [0.25, 0.3) is 0 Å². The molecule has 1 aliphatic heterocycles. The van der Waals surface area contributed by atoms with Crippen molar-refractivity contribution < 1.29 is 13.2 Å². The van der Waals surface area contributed by atoms with Gasteiger partial charge in [0.1, 0.15) is 0 Å². The largest absolute Gasteiger partial charge is 0.342 e. The van der Waals surface area contributed by atoms with Gasteiger partial charge in [-0.1, -0.05) is 6.58 Å². The average molecular weight is 218 g/mol. The van der Waals surface area contributed by atoms with Gasteiger partial charge in [-0.3, -0.25) is 4.79 Å². The first-order valence-corrected chi connectivity index (χ1v) is 6.00. The van der Waals surface area contributed by atoms with Crippen LogP contribution in [0.2, 0.25) is 0 Å². The number of hydrogen-bond donors (Lipinski definition) is 1. The summed E-state index contributed by atoms with van der Waals surface area (Å²) in [6.45, 7) is 4.42. The molecule has 5 nitrogen and oxygen atoms in total. The topological polar surface area (TPSA) is 66.5 Å². The quantitative estimate of drug-likeness (QED) is 0.702. The van der Waals surface area contributed by atoms with Crippen LogP contribution in [-0.4, -0.2) is 38.9 Å². The average Bonchev–Trinajstić information content (AvgIpc) is 2.67. The molecule has 1 saturated heterocycles. The van der Waals surface area contributed by atoms with Crippen LogP contribution >= 0.6 is 0 Å². The summed E-state index contributed by atoms with van der Waals surface area (Å²) in [6, 6.07) is 0. The van der Waals surface area contributed by atoms with E-state index in [2.05, 4.69) is 11.3 Å². The zero-order valence-electron chi connectivity index (χ0n) is 7.90. The second kappa shape index (κ2) is 4.56. The Morgan fingerprint density at radius 3 is 2.50 bits per heavy atom. The normalized spacial score (nSPS) is 17.0. The molecule has 0 aromatic rings. The smallest absolute Gasteiger partial charge is 0.237 e. The van der Waals surface area contributed by atoms with E-state index in [0.717, 1.165) is 31.3 Å². The van der Waals surface area contributed by atoms with Crippen LogP contribution in [0, 0.1) is 0 Å². The molecule has 0 aliphatic carbocycles. The van der Waals surface area contributed by atoms with Gasteiger partial charge >= 0.3 is 0 Å². The summed E-state index contributed by atoms with van der Waals surface area (Å²) in [7, 11) is -3.48. The van der Waals surface area contributed by atoms with Crippen molar-refractivity contribution in [3.8, 4) is 0 Å². The first kappa shape index (κ1) is 11.2. The van der Waals surface area contributed by atoms with Gasteiger partial charge in [0.05, 0.1) is 6.54 Å². The SMILES string of the molecule is C=CS(=O)(=O)NCC(=O)N1CCCC1. The summed E-state index contributed by atoms with van der Waals surface area (Å²) in [5, 5.41) is 0.796. The molecule has 1 amide bonds. The fraction of sp³-hybridized carbons (Fsp3) is 0.625. The van der Waals surface area contributed by atoms with E-state index in [9.17, 15) is 13.2 Å². The molecule has 6 heteroatoms. The van der Waals surface area contributed by atoms with E-state index in [1.165, 1.54) is 0 Å². The fourth-order valence-corrected chi connectivity index (χ4v) is 1.74. The van der Waals surface area contributed by atoms with E-state index < -0.39 is 10.0 Å². The second-order valence-corrected chi connectivity index (χ2v) is 4.83. The summed E-state index contributed by atoms with van der Waals surface area (Å²) in [5.41, 5.74) is 0. The molecular formula is C8H14N2O3S. The van der Waals surface area contributed by atoms with Crippen molar-refractivity contribution >= 4 is 15.9 Å². The molecule has 0 radical (unpaired) electrons. The summed E-state index contributed by atoms with van der Waals surface area (Å²) in [6.07, 6.45) is 2.00. The third kappa shape index (κ3) is 3.12. The van der Waals surface area contributed by atoms with Gasteiger partial charge in [0.2, 0.25) is 15.9 Å². The van der Waals surface area contributed by atoms with Crippen molar-refractivity contribution in [1.82, 2.24) is 9.62 Å². The number of hydrogen-bond acceptors (Lipinski definition) is 3. The van der Waals surface area contributed by atoms with E-state index in [0.29, 0.717) is 0 Å². The molecule has 1 N–H and O–H groups in total. The zero-order valence-corrected chi connectivity index (χ0v) is 8.72. The Hall–Kier alpha value is -0.880. The number of sulfonamides is 1. The number of amides is 1. The molecule has 80 valence electrons. The van der Waals surface area contributed by atoms with Crippen molar-refractivity contribution in [2.24, 2.45) is 0 Å². The Bertz CT molecular complexity index is 317. The third-order valence-corrected chi connectivity index (χ3v) is 3.09. The summed E-state index contributed by atoms with van der Waals surface area (Å²) in [4.78, 5) is 13.0. The lowest BCUT2D eigenvalue weighted by Gasteiger charge is -2.14. The highest BCUT2D eigenvalue weighted by Gasteiger charge is 2.18. The summed E-state index contributed by atoms with van der Waals surface area (Å²) in [5.74, 6) is -0.173. The Labute approximate surface area is 83.8 Å². The monoisotopic (exact) mass is 218 g/mol. The molecule has 14 heavy (non-hydrogen) atoms. The Balaban J connectivity index is 2.38. The van der Waals surface area contributed by atoms with Gasteiger partial charge in [-0.15, -0.1) is 0 Å². The maximum Gasteiger partial charge on any atom is 0.237 e. The van der Waals surface area contributed by atoms with Crippen LogP contribution in [0.5, 0.6) is 0 Å². The molecule has 1 aliphatic rings. The maximum atomic E-state index is 11.4. The van der Waals surface area contributed by atoms with Crippen LogP contribution in [0.15, 0.2) is 12.0 Å². The molecule has 0 bridgehead atoms. The third-order valence-electron chi connectivity index (χ3n) is 2.10. The lowest BCUT2D eigenvalue weighted by molar-refractivity contribution is -0.128. The Kier molecular flexibility index (Phi) is 3.65. The van der Waals surface area contributed by atoms with Crippen LogP contribution in [0.3, 0.4) is 0 Å². The van der Waals surface area contributed by atoms with Gasteiger partial charge in [-0.05, 0) is 12.8 Å². The van der Waals surface area contributed by atoms with E-state index in [4.69, 9.17) is 0 Å². The second-order valence-electron chi connectivity index (χ2n) is 3.12. The minimum atomic E-state index is -3.48. The lowest BCUT2D eigenvalue weighted by Crippen LogP contribution is -2.37. The summed E-state index contributed by atoms with van der Waals surface area (Å²) >= 11 is 0. The molecule has 0 unspecified atom stereocenters. The molecule has 1 rings (SSSR count). The van der Waals surface area contributed by atoms with Crippen LogP contribution in [-0.2, 0) is 14.8 Å². The molecule has 0 spiro atoms. The number of nitrogens with zero attached hydrogens (tertiary/aromatic N) is 1. The number of carbonyl (C=O) groups excluding carboxylic acids is 1. The molecule has 1 heterocycles. The van der Waals surface area contributed by atoms with E-state index in [1.54, 1.807) is 4.90 Å². The standard InChI is InChI=1S/C8H14N2O3S/c1-2-14(12,13)9-7-8(11)10-5-3-4-6-10/h2,9H,1,3-7H2. The lowest BCUT2D eigenvalue weighted by atomic mass is 10.4. The van der Waals surface area contributed by atoms with Gasteiger partial charge < -0.3 is 4.90 Å². The van der Waals surface area contributed by atoms with Gasteiger partial charge in [-0.25, -0.2) is 13.1 Å². The van der Waals surface area contributed by atoms with Gasteiger partial charge in [0, 0.05) is 18.5 Å². The number of likely N-dealkylation sites (tertiary alicyclic amines) is 1. The van der Waals surface area contributed by atoms with Crippen molar-refractivity contribution in [2.75, 3.05) is 19.6 Å². The number of carbonyl (C=O) groups is 1. The molecule has 0 aromatic carbocycles. The molecule has 0 atom stereocenters. The van der Waals surface area contributed by atoms with Gasteiger partial charge in [-0.2, -0.15) is 0 Å². The van der Waals surface area contributed by atoms with Gasteiger partial charge in [0.15, 0.2) is 0 Å². The van der Waals surface area contributed by atoms with Crippen molar-refractivity contribution in [2.45, 2.75) is 12.8 Å². The predicted molar refractivity (Wildman–Crippen MR) is 52.9 cm³/mol. The number of nitrogens with one attached hydrogen (secondary N) is 1. The van der Waals surface area contributed by atoms with Crippen molar-refractivity contribution in [3.63, 3.8) is 0 Å². The van der Waals surface area contributed by atoms with Crippen molar-refractivity contribution in [1.29, 1.82) is 0 Å². The molecule has 1 fully saturated rings. The highest BCUT2D eigenvalue weighted by atomic mass is 32.2. The Morgan fingerprint density at radius 1 is 1.43 bits per heavy atom. The molecule has 0 saturated carbocycles. The molecular weight excluding hydrogens is 204 g/mol. The molecule has 0 aromatic heterocycles. The van der Waals surface area contributed by atoms with Crippen LogP contribution in [0.4, 0.5) is 0 Å². The predicted octanol–water partition coefficient (Wildman–Crippen LogP) is -0.328. The van der Waals surface area contributed by atoms with E-state index >= 15 is 0 Å². The Morgan fingerprint density at radius 2 is 2.00 bits per heavy atom. The van der Waals surface area contributed by atoms with E-state index in [1.807, 2.05) is 0 Å². The minimum Gasteiger partial charge on any atom is -0.342 e. The van der Waals surface area contributed by atoms with Crippen LogP contribution in [0.25, 0.3) is 0 Å². The minimum absolute atomic E-state index is 0.172. The van der Waals surface area contributed by atoms with E-state index in [-0.39, 0.29) is 12.5 Å².